The molecule has 0 spiro atoms. The SMILES string of the molecule is [CH]1c2ccccc2CCN1C1NC=Cc2ccccc21. The van der Waals surface area contributed by atoms with Gasteiger partial charge in [-0.2, -0.15) is 0 Å². The van der Waals surface area contributed by atoms with Crippen LogP contribution in [0.3, 0.4) is 0 Å². The van der Waals surface area contributed by atoms with E-state index in [1.165, 1.54) is 22.3 Å². The van der Waals surface area contributed by atoms with Crippen molar-refractivity contribution in [2.45, 2.75) is 12.6 Å². The molecule has 0 aromatic heterocycles. The molecule has 0 fully saturated rings. The Morgan fingerprint density at radius 2 is 1.75 bits per heavy atom. The minimum Gasteiger partial charge on any atom is -0.372 e. The van der Waals surface area contributed by atoms with Gasteiger partial charge in [0.15, 0.2) is 0 Å². The average molecular weight is 261 g/mol. The van der Waals surface area contributed by atoms with Gasteiger partial charge in [0.2, 0.25) is 0 Å². The summed E-state index contributed by atoms with van der Waals surface area (Å²) in [5.41, 5.74) is 5.45. The van der Waals surface area contributed by atoms with Gasteiger partial charge in [0.25, 0.3) is 0 Å². The van der Waals surface area contributed by atoms with Gasteiger partial charge < -0.3 is 5.32 Å². The van der Waals surface area contributed by atoms with Crippen molar-refractivity contribution in [3.63, 3.8) is 0 Å². The summed E-state index contributed by atoms with van der Waals surface area (Å²) in [5, 5.41) is 3.49. The monoisotopic (exact) mass is 261 g/mol. The Balaban J connectivity index is 1.66. The molecule has 1 radical (unpaired) electrons. The number of benzene rings is 2. The minimum absolute atomic E-state index is 0.240. The third kappa shape index (κ3) is 1.93. The van der Waals surface area contributed by atoms with E-state index in [4.69, 9.17) is 0 Å². The molecule has 2 aliphatic rings. The van der Waals surface area contributed by atoms with Crippen LogP contribution in [0.1, 0.15) is 28.4 Å². The maximum absolute atomic E-state index is 3.49. The van der Waals surface area contributed by atoms with Crippen LogP contribution in [0.5, 0.6) is 0 Å². The van der Waals surface area contributed by atoms with Crippen molar-refractivity contribution < 1.29 is 0 Å². The topological polar surface area (TPSA) is 15.3 Å². The second-order valence-corrected chi connectivity index (χ2v) is 5.35. The van der Waals surface area contributed by atoms with Crippen molar-refractivity contribution in [3.05, 3.63) is 83.5 Å². The molecule has 99 valence electrons. The molecule has 0 aliphatic carbocycles. The maximum Gasteiger partial charge on any atom is 0.106 e. The predicted molar refractivity (Wildman–Crippen MR) is 81.6 cm³/mol. The first-order valence-corrected chi connectivity index (χ1v) is 7.12. The van der Waals surface area contributed by atoms with Crippen LogP contribution in [0.15, 0.2) is 54.7 Å². The van der Waals surface area contributed by atoms with Crippen molar-refractivity contribution in [1.29, 1.82) is 0 Å². The van der Waals surface area contributed by atoms with Crippen LogP contribution < -0.4 is 5.32 Å². The molecule has 2 nitrogen and oxygen atoms in total. The number of hydrogen-bond acceptors (Lipinski definition) is 2. The van der Waals surface area contributed by atoms with Crippen LogP contribution in [-0.4, -0.2) is 11.4 Å². The van der Waals surface area contributed by atoms with Crippen molar-refractivity contribution >= 4 is 6.08 Å². The van der Waals surface area contributed by atoms with Gasteiger partial charge in [-0.3, -0.25) is 4.90 Å². The van der Waals surface area contributed by atoms with Gasteiger partial charge in [-0.1, -0.05) is 48.5 Å². The number of rotatable bonds is 1. The lowest BCUT2D eigenvalue weighted by Gasteiger charge is -2.37. The molecular formula is C18H17N2. The highest BCUT2D eigenvalue weighted by Gasteiger charge is 2.26. The zero-order chi connectivity index (χ0) is 13.4. The fourth-order valence-electron chi connectivity index (χ4n) is 3.09. The zero-order valence-corrected chi connectivity index (χ0v) is 11.3. The molecular weight excluding hydrogens is 244 g/mol. The molecule has 0 amide bonds. The quantitative estimate of drug-likeness (QED) is 0.847. The second-order valence-electron chi connectivity index (χ2n) is 5.35. The first-order valence-electron chi connectivity index (χ1n) is 7.12. The Morgan fingerprint density at radius 3 is 2.70 bits per heavy atom. The van der Waals surface area contributed by atoms with Crippen molar-refractivity contribution in [2.24, 2.45) is 0 Å². The van der Waals surface area contributed by atoms with Crippen LogP contribution in [0.2, 0.25) is 0 Å². The Bertz CT molecular complexity index is 660. The van der Waals surface area contributed by atoms with Gasteiger partial charge in [-0.05, 0) is 41.0 Å². The number of hydrogen-bond donors (Lipinski definition) is 1. The molecule has 2 aromatic rings. The van der Waals surface area contributed by atoms with Crippen LogP contribution in [-0.2, 0) is 6.42 Å². The molecule has 2 heterocycles. The Morgan fingerprint density at radius 1 is 0.950 bits per heavy atom. The van der Waals surface area contributed by atoms with Gasteiger partial charge in [-0.25, -0.2) is 0 Å². The van der Waals surface area contributed by atoms with E-state index in [1.54, 1.807) is 0 Å². The summed E-state index contributed by atoms with van der Waals surface area (Å²) in [6.07, 6.45) is 5.55. The first kappa shape index (κ1) is 11.7. The largest absolute Gasteiger partial charge is 0.372 e. The summed E-state index contributed by atoms with van der Waals surface area (Å²) in [7, 11) is 0. The van der Waals surface area contributed by atoms with E-state index in [1.807, 2.05) is 0 Å². The van der Waals surface area contributed by atoms with Crippen LogP contribution in [0.25, 0.3) is 6.08 Å². The number of nitrogens with zero attached hydrogens (tertiary/aromatic N) is 1. The summed E-state index contributed by atoms with van der Waals surface area (Å²) in [5.74, 6) is 0. The molecule has 0 saturated heterocycles. The first-order chi connectivity index (χ1) is 9.92. The van der Waals surface area contributed by atoms with E-state index in [9.17, 15) is 0 Å². The van der Waals surface area contributed by atoms with E-state index in [0.717, 1.165) is 13.0 Å². The molecule has 4 rings (SSSR count). The standard InChI is InChI=1S/C18H17N2/c1-2-7-16-13-20(12-10-14(16)5-1)18-17-8-4-3-6-15(17)9-11-19-18/h1-9,11,13,18-19H,10,12H2. The van der Waals surface area contributed by atoms with Crippen LogP contribution >= 0.6 is 0 Å². The Labute approximate surface area is 119 Å². The molecule has 0 saturated carbocycles. The van der Waals surface area contributed by atoms with Gasteiger partial charge in [-0.15, -0.1) is 0 Å². The van der Waals surface area contributed by atoms with Gasteiger partial charge in [0.05, 0.1) is 6.54 Å². The number of nitrogens with one attached hydrogen (secondary N) is 1. The minimum atomic E-state index is 0.240. The summed E-state index contributed by atoms with van der Waals surface area (Å²) in [4.78, 5) is 2.41. The lowest BCUT2D eigenvalue weighted by Crippen LogP contribution is -2.39. The lowest BCUT2D eigenvalue weighted by molar-refractivity contribution is 0.225. The molecule has 20 heavy (non-hydrogen) atoms. The highest BCUT2D eigenvalue weighted by Crippen LogP contribution is 2.31. The van der Waals surface area contributed by atoms with Crippen molar-refractivity contribution in [3.8, 4) is 0 Å². The molecule has 1 unspecified atom stereocenters. The summed E-state index contributed by atoms with van der Waals surface area (Å²) in [6.45, 7) is 3.34. The van der Waals surface area contributed by atoms with E-state index < -0.39 is 0 Å². The van der Waals surface area contributed by atoms with Crippen LogP contribution in [0.4, 0.5) is 0 Å². The van der Waals surface area contributed by atoms with E-state index in [2.05, 4.69) is 77.6 Å². The normalized spacial score (nSPS) is 20.9. The molecule has 2 heteroatoms. The average Bonchev–Trinajstić information content (AvgIpc) is 2.54. The van der Waals surface area contributed by atoms with Gasteiger partial charge in [0.1, 0.15) is 6.17 Å². The third-order valence-electron chi connectivity index (χ3n) is 4.14. The fourth-order valence-corrected chi connectivity index (χ4v) is 3.09. The second kappa shape index (κ2) is 4.80. The predicted octanol–water partition coefficient (Wildman–Crippen LogP) is 3.33. The number of fused-ring (bicyclic) bond motifs is 2. The van der Waals surface area contributed by atoms with Crippen molar-refractivity contribution in [1.82, 2.24) is 10.2 Å². The highest BCUT2D eigenvalue weighted by molar-refractivity contribution is 5.57. The summed E-state index contributed by atoms with van der Waals surface area (Å²) < 4.78 is 0. The Hall–Kier alpha value is -2.06. The van der Waals surface area contributed by atoms with Crippen LogP contribution in [0, 0.1) is 6.54 Å². The summed E-state index contributed by atoms with van der Waals surface area (Å²) >= 11 is 0. The molecule has 2 aromatic carbocycles. The van der Waals surface area contributed by atoms with Crippen molar-refractivity contribution in [2.75, 3.05) is 6.54 Å². The smallest absolute Gasteiger partial charge is 0.106 e. The van der Waals surface area contributed by atoms with E-state index in [-0.39, 0.29) is 6.17 Å². The van der Waals surface area contributed by atoms with E-state index in [0.29, 0.717) is 0 Å². The molecule has 1 atom stereocenters. The third-order valence-corrected chi connectivity index (χ3v) is 4.14. The molecule has 1 N–H and O–H groups in total. The molecule has 0 bridgehead atoms. The highest BCUT2D eigenvalue weighted by atomic mass is 15.3. The van der Waals surface area contributed by atoms with Gasteiger partial charge >= 0.3 is 0 Å². The maximum atomic E-state index is 3.49. The summed E-state index contributed by atoms with van der Waals surface area (Å²) in [6, 6.07) is 17.3. The molecule has 2 aliphatic heterocycles. The Kier molecular flexibility index (Phi) is 2.82. The zero-order valence-electron chi connectivity index (χ0n) is 11.3. The fraction of sp³-hybridized carbons (Fsp3) is 0.167. The van der Waals surface area contributed by atoms with E-state index >= 15 is 0 Å². The van der Waals surface area contributed by atoms with Gasteiger partial charge in [0, 0.05) is 6.54 Å². The lowest BCUT2D eigenvalue weighted by atomic mass is 9.96.